The smallest absolute Gasteiger partial charge is 0.272 e. The number of hydrogen-bond acceptors (Lipinski definition) is 4. The molecule has 1 unspecified atom stereocenters. The van der Waals surface area contributed by atoms with E-state index >= 15 is 0 Å². The highest BCUT2D eigenvalue weighted by Crippen LogP contribution is 2.28. The van der Waals surface area contributed by atoms with Gasteiger partial charge in [0, 0.05) is 36.8 Å². The van der Waals surface area contributed by atoms with Crippen LogP contribution in [0, 0.1) is 10.1 Å². The SMILES string of the molecule is O=[N+]([O-])c1ccccc1CCN(CC1CCCN1)C1CC1. The third-order valence-corrected chi connectivity index (χ3v) is 4.54. The Kier molecular flexibility index (Phi) is 4.51. The van der Waals surface area contributed by atoms with Crippen molar-refractivity contribution in [1.82, 2.24) is 10.2 Å². The third kappa shape index (κ3) is 3.80. The molecule has 0 amide bonds. The lowest BCUT2D eigenvalue weighted by atomic mass is 10.1. The Balaban J connectivity index is 1.60. The molecule has 1 aromatic rings. The van der Waals surface area contributed by atoms with Crippen LogP contribution in [0.25, 0.3) is 0 Å². The number of nitrogens with zero attached hydrogens (tertiary/aromatic N) is 2. The second-order valence-electron chi connectivity index (χ2n) is 6.16. The van der Waals surface area contributed by atoms with E-state index in [4.69, 9.17) is 0 Å². The molecule has 3 rings (SSSR count). The van der Waals surface area contributed by atoms with Gasteiger partial charge < -0.3 is 5.32 Å². The fourth-order valence-corrected chi connectivity index (χ4v) is 3.22. The normalized spacial score (nSPS) is 21.9. The van der Waals surface area contributed by atoms with Crippen LogP contribution in [0.2, 0.25) is 0 Å². The van der Waals surface area contributed by atoms with Gasteiger partial charge in [0.1, 0.15) is 0 Å². The maximum Gasteiger partial charge on any atom is 0.272 e. The zero-order valence-corrected chi connectivity index (χ0v) is 12.3. The standard InChI is InChI=1S/C16H23N3O2/c20-19(21)16-6-2-1-4-13(16)9-11-18(15-7-8-15)12-14-5-3-10-17-14/h1-2,4,6,14-15,17H,3,5,7-12H2. The van der Waals surface area contributed by atoms with Gasteiger partial charge in [0.25, 0.3) is 5.69 Å². The van der Waals surface area contributed by atoms with Crippen molar-refractivity contribution in [2.45, 2.75) is 44.2 Å². The van der Waals surface area contributed by atoms with Gasteiger partial charge in [-0.25, -0.2) is 0 Å². The van der Waals surface area contributed by atoms with Crippen LogP contribution in [0.4, 0.5) is 5.69 Å². The van der Waals surface area contributed by atoms with Gasteiger partial charge in [0.05, 0.1) is 4.92 Å². The Morgan fingerprint density at radius 1 is 1.29 bits per heavy atom. The summed E-state index contributed by atoms with van der Waals surface area (Å²) in [6.45, 7) is 3.15. The monoisotopic (exact) mass is 289 g/mol. The van der Waals surface area contributed by atoms with Crippen LogP contribution >= 0.6 is 0 Å². The molecular formula is C16H23N3O2. The van der Waals surface area contributed by atoms with E-state index in [1.807, 2.05) is 12.1 Å². The van der Waals surface area contributed by atoms with E-state index in [-0.39, 0.29) is 10.6 Å². The molecule has 1 heterocycles. The van der Waals surface area contributed by atoms with Crippen molar-refractivity contribution in [3.05, 3.63) is 39.9 Å². The van der Waals surface area contributed by atoms with Crippen molar-refractivity contribution in [1.29, 1.82) is 0 Å². The van der Waals surface area contributed by atoms with Gasteiger partial charge in [-0.3, -0.25) is 15.0 Å². The van der Waals surface area contributed by atoms with Gasteiger partial charge in [-0.15, -0.1) is 0 Å². The van der Waals surface area contributed by atoms with Crippen LogP contribution in [-0.2, 0) is 6.42 Å². The summed E-state index contributed by atoms with van der Waals surface area (Å²) < 4.78 is 0. The van der Waals surface area contributed by atoms with Crippen molar-refractivity contribution in [2.75, 3.05) is 19.6 Å². The van der Waals surface area contributed by atoms with Crippen LogP contribution in [0.3, 0.4) is 0 Å². The van der Waals surface area contributed by atoms with Crippen LogP contribution in [0.5, 0.6) is 0 Å². The molecule has 0 spiro atoms. The first kappa shape index (κ1) is 14.5. The van der Waals surface area contributed by atoms with E-state index in [2.05, 4.69) is 10.2 Å². The summed E-state index contributed by atoms with van der Waals surface area (Å²) >= 11 is 0. The molecule has 0 radical (unpaired) electrons. The summed E-state index contributed by atoms with van der Waals surface area (Å²) in [6, 6.07) is 8.43. The van der Waals surface area contributed by atoms with Gasteiger partial charge in [-0.05, 0) is 38.6 Å². The van der Waals surface area contributed by atoms with E-state index < -0.39 is 0 Å². The minimum Gasteiger partial charge on any atom is -0.313 e. The molecule has 1 aliphatic heterocycles. The van der Waals surface area contributed by atoms with E-state index in [0.717, 1.165) is 31.6 Å². The lowest BCUT2D eigenvalue weighted by molar-refractivity contribution is -0.385. The first-order chi connectivity index (χ1) is 10.2. The Morgan fingerprint density at radius 3 is 2.76 bits per heavy atom. The maximum atomic E-state index is 11.1. The molecule has 21 heavy (non-hydrogen) atoms. The lowest BCUT2D eigenvalue weighted by Crippen LogP contribution is -2.39. The van der Waals surface area contributed by atoms with Gasteiger partial charge in [-0.2, -0.15) is 0 Å². The molecule has 2 aliphatic rings. The molecule has 5 heteroatoms. The summed E-state index contributed by atoms with van der Waals surface area (Å²) in [6.07, 6.45) is 5.86. The second-order valence-corrected chi connectivity index (χ2v) is 6.16. The number of nitro groups is 1. The molecule has 1 atom stereocenters. The molecule has 1 saturated heterocycles. The number of nitro benzene ring substituents is 1. The van der Waals surface area contributed by atoms with Crippen molar-refractivity contribution < 1.29 is 4.92 Å². The Morgan fingerprint density at radius 2 is 2.10 bits per heavy atom. The fraction of sp³-hybridized carbons (Fsp3) is 0.625. The van der Waals surface area contributed by atoms with E-state index in [1.165, 1.54) is 25.7 Å². The molecular weight excluding hydrogens is 266 g/mol. The van der Waals surface area contributed by atoms with Crippen molar-refractivity contribution in [3.8, 4) is 0 Å². The Hall–Kier alpha value is -1.46. The largest absolute Gasteiger partial charge is 0.313 e. The van der Waals surface area contributed by atoms with Gasteiger partial charge in [0.15, 0.2) is 0 Å². The zero-order chi connectivity index (χ0) is 14.7. The number of benzene rings is 1. The van der Waals surface area contributed by atoms with Crippen molar-refractivity contribution in [3.63, 3.8) is 0 Å². The predicted octanol–water partition coefficient (Wildman–Crippen LogP) is 2.35. The first-order valence-electron chi connectivity index (χ1n) is 7.94. The fourth-order valence-electron chi connectivity index (χ4n) is 3.22. The highest BCUT2D eigenvalue weighted by molar-refractivity contribution is 5.39. The second kappa shape index (κ2) is 6.54. The number of hydrogen-bond donors (Lipinski definition) is 1. The maximum absolute atomic E-state index is 11.1. The van der Waals surface area contributed by atoms with Crippen LogP contribution < -0.4 is 5.32 Å². The average Bonchev–Trinajstić information content (AvgIpc) is 3.21. The molecule has 114 valence electrons. The minimum atomic E-state index is -0.269. The van der Waals surface area contributed by atoms with Crippen LogP contribution in [0.15, 0.2) is 24.3 Å². The molecule has 2 fully saturated rings. The molecule has 5 nitrogen and oxygen atoms in total. The molecule has 0 bridgehead atoms. The molecule has 1 aromatic carbocycles. The molecule has 1 N–H and O–H groups in total. The van der Waals surface area contributed by atoms with Crippen LogP contribution in [-0.4, -0.2) is 41.5 Å². The molecule has 1 saturated carbocycles. The zero-order valence-electron chi connectivity index (χ0n) is 12.3. The Bertz CT molecular complexity index is 496. The number of rotatable bonds is 7. The minimum absolute atomic E-state index is 0.257. The highest BCUT2D eigenvalue weighted by Gasteiger charge is 2.31. The van der Waals surface area contributed by atoms with Crippen molar-refractivity contribution >= 4 is 5.69 Å². The Labute approximate surface area is 125 Å². The number of para-hydroxylation sites is 1. The summed E-state index contributed by atoms with van der Waals surface area (Å²) in [4.78, 5) is 13.3. The summed E-state index contributed by atoms with van der Waals surface area (Å²) in [5.74, 6) is 0. The van der Waals surface area contributed by atoms with E-state index in [0.29, 0.717) is 12.1 Å². The van der Waals surface area contributed by atoms with Gasteiger partial charge >= 0.3 is 0 Å². The average molecular weight is 289 g/mol. The topological polar surface area (TPSA) is 58.4 Å². The predicted molar refractivity (Wildman–Crippen MR) is 82.4 cm³/mol. The van der Waals surface area contributed by atoms with Gasteiger partial charge in [0.2, 0.25) is 0 Å². The van der Waals surface area contributed by atoms with E-state index in [9.17, 15) is 10.1 Å². The lowest BCUT2D eigenvalue weighted by Gasteiger charge is -2.25. The van der Waals surface area contributed by atoms with Crippen LogP contribution in [0.1, 0.15) is 31.2 Å². The highest BCUT2D eigenvalue weighted by atomic mass is 16.6. The quantitative estimate of drug-likeness (QED) is 0.618. The van der Waals surface area contributed by atoms with Gasteiger partial charge in [-0.1, -0.05) is 18.2 Å². The van der Waals surface area contributed by atoms with Crippen molar-refractivity contribution in [2.24, 2.45) is 0 Å². The van der Waals surface area contributed by atoms with E-state index in [1.54, 1.807) is 12.1 Å². The third-order valence-electron chi connectivity index (χ3n) is 4.54. The molecule has 1 aliphatic carbocycles. The molecule has 0 aromatic heterocycles. The summed E-state index contributed by atoms with van der Waals surface area (Å²) in [5.41, 5.74) is 1.11. The summed E-state index contributed by atoms with van der Waals surface area (Å²) in [5, 5.41) is 14.6. The number of nitrogens with one attached hydrogen (secondary N) is 1. The first-order valence-corrected chi connectivity index (χ1v) is 7.94. The summed E-state index contributed by atoms with van der Waals surface area (Å²) in [7, 11) is 0.